The van der Waals surface area contributed by atoms with Gasteiger partial charge >= 0.3 is 6.03 Å². The van der Waals surface area contributed by atoms with Gasteiger partial charge < -0.3 is 5.32 Å². The van der Waals surface area contributed by atoms with E-state index in [9.17, 15) is 9.59 Å². The van der Waals surface area contributed by atoms with E-state index in [-0.39, 0.29) is 11.7 Å². The Morgan fingerprint density at radius 1 is 1.16 bits per heavy atom. The Morgan fingerprint density at radius 2 is 1.97 bits per heavy atom. The van der Waals surface area contributed by atoms with E-state index in [2.05, 4.69) is 25.8 Å². The highest BCUT2D eigenvalue weighted by Gasteiger charge is 2.19. The number of hydrogen-bond donors (Lipinski definition) is 2. The number of thioether (sulfide) groups is 1. The van der Waals surface area contributed by atoms with Gasteiger partial charge in [0, 0.05) is 24.5 Å². The highest BCUT2D eigenvalue weighted by atomic mass is 35.5. The van der Waals surface area contributed by atoms with Crippen molar-refractivity contribution in [3.05, 3.63) is 52.8 Å². The molecule has 1 aromatic carbocycles. The van der Waals surface area contributed by atoms with E-state index in [4.69, 9.17) is 23.2 Å². The van der Waals surface area contributed by atoms with Gasteiger partial charge in [0.2, 0.25) is 5.91 Å². The largest absolute Gasteiger partial charge is 0.338 e. The number of pyridine rings is 1. The minimum absolute atomic E-state index is 0.0262. The van der Waals surface area contributed by atoms with E-state index >= 15 is 0 Å². The number of carbonyl (C=O) groups is 2. The van der Waals surface area contributed by atoms with Crippen molar-refractivity contribution in [2.24, 2.45) is 5.92 Å². The lowest BCUT2D eigenvalue weighted by Crippen LogP contribution is -2.41. The second-order valence-electron chi connectivity index (χ2n) is 6.92. The Bertz CT molecular complexity index is 1070. The van der Waals surface area contributed by atoms with E-state index in [0.29, 0.717) is 33.3 Å². The highest BCUT2D eigenvalue weighted by Crippen LogP contribution is 2.31. The van der Waals surface area contributed by atoms with E-state index < -0.39 is 11.9 Å². The summed E-state index contributed by atoms with van der Waals surface area (Å²) in [6.07, 6.45) is 3.33. The molecule has 0 unspecified atom stereocenters. The highest BCUT2D eigenvalue weighted by molar-refractivity contribution is 7.99. The molecule has 0 aliphatic rings. The Hall–Kier alpha value is -2.62. The van der Waals surface area contributed by atoms with Crippen molar-refractivity contribution in [2.75, 3.05) is 12.3 Å². The molecule has 0 radical (unpaired) electrons. The van der Waals surface area contributed by atoms with E-state index in [1.807, 2.05) is 19.9 Å². The Morgan fingerprint density at radius 3 is 2.65 bits per heavy atom. The second kappa shape index (κ2) is 10.6. The number of hydrogen-bond acceptors (Lipinski definition) is 6. The molecule has 3 amide bonds. The van der Waals surface area contributed by atoms with Crippen LogP contribution in [0.3, 0.4) is 0 Å². The predicted molar refractivity (Wildman–Crippen MR) is 122 cm³/mol. The smallest absolute Gasteiger partial charge is 0.321 e. The fourth-order valence-corrected chi connectivity index (χ4v) is 3.58. The third kappa shape index (κ3) is 6.19. The molecule has 0 saturated heterocycles. The third-order valence-corrected chi connectivity index (χ3v) is 5.64. The normalized spacial score (nSPS) is 10.9. The number of nitrogens with one attached hydrogen (secondary N) is 2. The number of benzene rings is 1. The fourth-order valence-electron chi connectivity index (χ4n) is 2.54. The van der Waals surface area contributed by atoms with Gasteiger partial charge in [-0.05, 0) is 36.2 Å². The van der Waals surface area contributed by atoms with Crippen molar-refractivity contribution in [3.8, 4) is 17.1 Å². The molecule has 8 nitrogen and oxygen atoms in total. The molecule has 2 N–H and O–H groups in total. The Labute approximate surface area is 193 Å². The predicted octanol–water partition coefficient (Wildman–Crippen LogP) is 4.21. The Balaban J connectivity index is 1.82. The summed E-state index contributed by atoms with van der Waals surface area (Å²) < 4.78 is 1.76. The van der Waals surface area contributed by atoms with Gasteiger partial charge in [-0.1, -0.05) is 48.8 Å². The summed E-state index contributed by atoms with van der Waals surface area (Å²) in [5.41, 5.74) is 1.42. The summed E-state index contributed by atoms with van der Waals surface area (Å²) in [7, 11) is 0. The lowest BCUT2D eigenvalue weighted by molar-refractivity contribution is -0.117. The topological polar surface area (TPSA) is 102 Å². The van der Waals surface area contributed by atoms with Crippen molar-refractivity contribution < 1.29 is 9.59 Å². The molecule has 0 bridgehead atoms. The molecule has 0 atom stereocenters. The molecule has 0 spiro atoms. The van der Waals surface area contributed by atoms with Gasteiger partial charge in [-0.3, -0.25) is 19.7 Å². The summed E-state index contributed by atoms with van der Waals surface area (Å²) >= 11 is 13.4. The van der Waals surface area contributed by atoms with Gasteiger partial charge in [-0.2, -0.15) is 0 Å². The van der Waals surface area contributed by atoms with Crippen molar-refractivity contribution in [1.29, 1.82) is 0 Å². The monoisotopic (exact) mass is 478 g/mol. The standard InChI is InChI=1S/C20H20Cl2N6O2S/c1-12(2)9-24-19(30)25-17(29)11-31-20-27-26-18(13-4-3-7-23-10-13)28(20)14-5-6-15(21)16(22)8-14/h3-8,10,12H,9,11H2,1-2H3,(H2,24,25,29,30). The van der Waals surface area contributed by atoms with E-state index in [1.165, 1.54) is 0 Å². The molecule has 0 fully saturated rings. The van der Waals surface area contributed by atoms with Crippen LogP contribution in [0.15, 0.2) is 47.9 Å². The quantitative estimate of drug-likeness (QED) is 0.493. The number of carbonyl (C=O) groups excluding carboxylic acids is 2. The molecule has 0 aliphatic carbocycles. The van der Waals surface area contributed by atoms with Crippen molar-refractivity contribution in [1.82, 2.24) is 30.4 Å². The molecule has 11 heteroatoms. The van der Waals surface area contributed by atoms with Gasteiger partial charge in [-0.25, -0.2) is 4.79 Å². The molecular formula is C20H20Cl2N6O2S. The zero-order chi connectivity index (χ0) is 22.4. The maximum absolute atomic E-state index is 12.2. The molecule has 31 heavy (non-hydrogen) atoms. The zero-order valence-electron chi connectivity index (χ0n) is 16.8. The van der Waals surface area contributed by atoms with Gasteiger partial charge in [0.1, 0.15) is 0 Å². The number of rotatable bonds is 7. The van der Waals surface area contributed by atoms with Crippen LogP contribution < -0.4 is 10.6 Å². The summed E-state index contributed by atoms with van der Waals surface area (Å²) in [6, 6.07) is 8.26. The second-order valence-corrected chi connectivity index (χ2v) is 8.68. The number of nitrogens with zero attached hydrogens (tertiary/aromatic N) is 4. The number of amides is 3. The first-order chi connectivity index (χ1) is 14.8. The summed E-state index contributed by atoms with van der Waals surface area (Å²) in [4.78, 5) is 28.1. The van der Waals surface area contributed by atoms with Crippen LogP contribution in [0.5, 0.6) is 0 Å². The number of urea groups is 1. The summed E-state index contributed by atoms with van der Waals surface area (Å²) in [5, 5.41) is 14.7. The van der Waals surface area contributed by atoms with Crippen molar-refractivity contribution in [3.63, 3.8) is 0 Å². The number of halogens is 2. The Kier molecular flexibility index (Phi) is 7.89. The SMILES string of the molecule is CC(C)CNC(=O)NC(=O)CSc1nnc(-c2cccnc2)n1-c1ccc(Cl)c(Cl)c1. The van der Waals surface area contributed by atoms with Crippen LogP contribution in [0, 0.1) is 5.92 Å². The van der Waals surface area contributed by atoms with Gasteiger partial charge in [0.25, 0.3) is 0 Å². The third-order valence-electron chi connectivity index (χ3n) is 3.97. The zero-order valence-corrected chi connectivity index (χ0v) is 19.1. The van der Waals surface area contributed by atoms with E-state index in [0.717, 1.165) is 17.3 Å². The van der Waals surface area contributed by atoms with E-state index in [1.54, 1.807) is 41.2 Å². The van der Waals surface area contributed by atoms with Crippen LogP contribution in [-0.2, 0) is 4.79 Å². The molecule has 2 heterocycles. The van der Waals surface area contributed by atoms with Gasteiger partial charge in [-0.15, -0.1) is 10.2 Å². The minimum atomic E-state index is -0.527. The lowest BCUT2D eigenvalue weighted by atomic mass is 10.2. The molecule has 3 rings (SSSR count). The van der Waals surface area contributed by atoms with Crippen LogP contribution in [0.25, 0.3) is 17.1 Å². The maximum Gasteiger partial charge on any atom is 0.321 e. The van der Waals surface area contributed by atoms with Crippen molar-refractivity contribution >= 4 is 46.9 Å². The van der Waals surface area contributed by atoms with Crippen molar-refractivity contribution in [2.45, 2.75) is 19.0 Å². The van der Waals surface area contributed by atoms with Crippen LogP contribution in [0.2, 0.25) is 10.0 Å². The van der Waals surface area contributed by atoms with Crippen LogP contribution >= 0.6 is 35.0 Å². The average Bonchev–Trinajstić information content (AvgIpc) is 3.17. The summed E-state index contributed by atoms with van der Waals surface area (Å²) in [5.74, 6) is 0.342. The molecular weight excluding hydrogens is 459 g/mol. The molecule has 162 valence electrons. The molecule has 2 aromatic heterocycles. The first-order valence-electron chi connectivity index (χ1n) is 9.37. The van der Waals surface area contributed by atoms with Crippen LogP contribution in [0.1, 0.15) is 13.8 Å². The van der Waals surface area contributed by atoms with Crippen LogP contribution in [0.4, 0.5) is 4.79 Å². The van der Waals surface area contributed by atoms with Gasteiger partial charge in [0.05, 0.1) is 21.5 Å². The first kappa shape index (κ1) is 23.1. The average molecular weight is 479 g/mol. The number of aromatic nitrogens is 4. The number of imide groups is 1. The minimum Gasteiger partial charge on any atom is -0.338 e. The fraction of sp³-hybridized carbons (Fsp3) is 0.250. The molecule has 0 aliphatic heterocycles. The van der Waals surface area contributed by atoms with Crippen LogP contribution in [-0.4, -0.2) is 44.0 Å². The lowest BCUT2D eigenvalue weighted by Gasteiger charge is -2.11. The maximum atomic E-state index is 12.2. The molecule has 0 saturated carbocycles. The van der Waals surface area contributed by atoms with Gasteiger partial charge in [0.15, 0.2) is 11.0 Å². The molecule has 3 aromatic rings. The summed E-state index contributed by atoms with van der Waals surface area (Å²) in [6.45, 7) is 4.41. The first-order valence-corrected chi connectivity index (χ1v) is 11.1.